The average Bonchev–Trinajstić information content (AvgIpc) is 2.77. The van der Waals surface area contributed by atoms with Crippen LogP contribution in [0.25, 0.3) is 10.8 Å². The number of nitrogens with one attached hydrogen (secondary N) is 2. The van der Waals surface area contributed by atoms with E-state index in [-0.39, 0.29) is 24.3 Å². The molecule has 0 saturated carbocycles. The predicted octanol–water partition coefficient (Wildman–Crippen LogP) is 1.01. The molecule has 0 bridgehead atoms. The second-order valence-electron chi connectivity index (χ2n) is 6.97. The van der Waals surface area contributed by atoms with Crippen molar-refractivity contribution in [3.8, 4) is 0 Å². The lowest BCUT2D eigenvalue weighted by Gasteiger charge is -2.27. The number of nitrogens with two attached hydrogens (primary N) is 1. The van der Waals surface area contributed by atoms with Gasteiger partial charge in [-0.15, -0.1) is 0 Å². The van der Waals surface area contributed by atoms with Crippen LogP contribution >= 0.6 is 0 Å². The number of fused-ring (bicyclic) bond motifs is 1. The number of aliphatic imine (C=N–C) groups is 1. The first kappa shape index (κ1) is 19.7. The molecule has 154 valence electrons. The van der Waals surface area contributed by atoms with Gasteiger partial charge in [0.05, 0.1) is 36.4 Å². The zero-order valence-corrected chi connectivity index (χ0v) is 16.2. The number of carbonyl (C=O) groups excluding carboxylic acids is 1. The molecule has 1 aliphatic heterocycles. The molecule has 8 nitrogen and oxygen atoms in total. The van der Waals surface area contributed by atoms with Crippen molar-refractivity contribution < 1.29 is 9.18 Å². The number of amidine groups is 1. The summed E-state index contributed by atoms with van der Waals surface area (Å²) in [7, 11) is 0. The summed E-state index contributed by atoms with van der Waals surface area (Å²) in [5.74, 6) is -0.378. The Hall–Kier alpha value is -3.59. The van der Waals surface area contributed by atoms with Crippen LogP contribution in [-0.4, -0.2) is 53.1 Å². The minimum Gasteiger partial charge on any atom is -0.360 e. The number of rotatable bonds is 4. The first-order valence-corrected chi connectivity index (χ1v) is 9.58. The summed E-state index contributed by atoms with van der Waals surface area (Å²) in [4.78, 5) is 30.7. The van der Waals surface area contributed by atoms with Crippen molar-refractivity contribution in [2.75, 3.05) is 26.3 Å². The Balaban J connectivity index is 1.62. The Morgan fingerprint density at radius 2 is 2.03 bits per heavy atom. The summed E-state index contributed by atoms with van der Waals surface area (Å²) < 4.78 is 14.5. The summed E-state index contributed by atoms with van der Waals surface area (Å²) in [5.41, 5.74) is 6.57. The molecule has 1 aromatic heterocycles. The maximum absolute atomic E-state index is 14.5. The van der Waals surface area contributed by atoms with E-state index in [0.29, 0.717) is 36.4 Å². The zero-order valence-electron chi connectivity index (χ0n) is 16.2. The molecule has 0 radical (unpaired) electrons. The minimum atomic E-state index is -0.584. The lowest BCUT2D eigenvalue weighted by molar-refractivity contribution is 0.0772. The third-order valence-electron chi connectivity index (χ3n) is 5.01. The molecular formula is C21H21FN6O2. The van der Waals surface area contributed by atoms with Crippen molar-refractivity contribution >= 4 is 22.5 Å². The minimum absolute atomic E-state index is 0.00442. The van der Waals surface area contributed by atoms with Gasteiger partial charge in [-0.2, -0.15) is 5.10 Å². The first-order chi connectivity index (χ1) is 14.6. The van der Waals surface area contributed by atoms with Gasteiger partial charge in [0, 0.05) is 18.4 Å². The van der Waals surface area contributed by atoms with Gasteiger partial charge in [0.1, 0.15) is 11.7 Å². The van der Waals surface area contributed by atoms with Crippen molar-refractivity contribution in [1.82, 2.24) is 20.4 Å². The maximum atomic E-state index is 14.5. The number of aromatic amines is 1. The topological polar surface area (TPSA) is 116 Å². The average molecular weight is 408 g/mol. The van der Waals surface area contributed by atoms with Crippen molar-refractivity contribution in [3.05, 3.63) is 75.5 Å². The monoisotopic (exact) mass is 408 g/mol. The van der Waals surface area contributed by atoms with E-state index in [2.05, 4.69) is 20.5 Å². The molecule has 2 heterocycles. The summed E-state index contributed by atoms with van der Waals surface area (Å²) >= 11 is 0. The molecule has 0 spiro atoms. The van der Waals surface area contributed by atoms with Crippen molar-refractivity contribution in [3.63, 3.8) is 0 Å². The number of benzene rings is 2. The second kappa shape index (κ2) is 8.42. The second-order valence-corrected chi connectivity index (χ2v) is 6.97. The van der Waals surface area contributed by atoms with Crippen LogP contribution in [-0.2, 0) is 6.42 Å². The van der Waals surface area contributed by atoms with Crippen LogP contribution in [0.3, 0.4) is 0 Å². The Labute approximate surface area is 171 Å². The standard InChI is InChI=1S/C21H21FN6O2/c22-17-6-5-13(10-18-14-3-1-2-4-15(14)20(29)27-26-18)9-16(17)21(30)28-8-7-24-19(11-28)25-12-23/h1-6,9H,7-8,10-12,23H2,(H,24,25)(H,27,29). The van der Waals surface area contributed by atoms with Gasteiger partial charge in [0.2, 0.25) is 0 Å². The highest BCUT2D eigenvalue weighted by Crippen LogP contribution is 2.19. The number of nitrogens with zero attached hydrogens (tertiary/aromatic N) is 3. The summed E-state index contributed by atoms with van der Waals surface area (Å²) in [5, 5.41) is 10.8. The summed E-state index contributed by atoms with van der Waals surface area (Å²) in [6.07, 6.45) is 0.347. The Morgan fingerprint density at radius 1 is 1.23 bits per heavy atom. The Kier molecular flexibility index (Phi) is 5.53. The number of carbonyl (C=O) groups is 1. The summed E-state index contributed by atoms with van der Waals surface area (Å²) in [6, 6.07) is 11.6. The highest BCUT2D eigenvalue weighted by atomic mass is 19.1. The van der Waals surface area contributed by atoms with Crippen molar-refractivity contribution in [2.24, 2.45) is 10.7 Å². The van der Waals surface area contributed by atoms with Gasteiger partial charge in [-0.3, -0.25) is 14.6 Å². The predicted molar refractivity (Wildman–Crippen MR) is 112 cm³/mol. The van der Waals surface area contributed by atoms with Crippen LogP contribution in [0.15, 0.2) is 52.3 Å². The molecule has 30 heavy (non-hydrogen) atoms. The number of aromatic nitrogens is 2. The van der Waals surface area contributed by atoms with Crippen LogP contribution in [0.5, 0.6) is 0 Å². The molecule has 4 rings (SSSR count). The van der Waals surface area contributed by atoms with Crippen LogP contribution < -0.4 is 16.6 Å². The van der Waals surface area contributed by atoms with Crippen LogP contribution in [0.4, 0.5) is 4.39 Å². The molecule has 2 aromatic carbocycles. The fraction of sp³-hybridized carbons (Fsp3) is 0.238. The van der Waals surface area contributed by atoms with E-state index in [9.17, 15) is 14.0 Å². The van der Waals surface area contributed by atoms with Gasteiger partial charge in [-0.05, 0) is 23.8 Å². The van der Waals surface area contributed by atoms with E-state index < -0.39 is 11.7 Å². The van der Waals surface area contributed by atoms with E-state index in [1.807, 2.05) is 12.1 Å². The lowest BCUT2D eigenvalue weighted by Crippen LogP contribution is -2.46. The van der Waals surface area contributed by atoms with Gasteiger partial charge in [-0.1, -0.05) is 24.3 Å². The smallest absolute Gasteiger partial charge is 0.272 e. The molecule has 4 N–H and O–H groups in total. The van der Waals surface area contributed by atoms with Crippen LogP contribution in [0.1, 0.15) is 21.6 Å². The molecule has 9 heteroatoms. The molecule has 1 aliphatic rings. The number of H-pyrrole nitrogens is 1. The fourth-order valence-corrected chi connectivity index (χ4v) is 3.53. The van der Waals surface area contributed by atoms with Crippen molar-refractivity contribution in [2.45, 2.75) is 6.42 Å². The van der Waals surface area contributed by atoms with Crippen molar-refractivity contribution in [1.29, 1.82) is 0 Å². The maximum Gasteiger partial charge on any atom is 0.272 e. The van der Waals surface area contributed by atoms with E-state index in [0.717, 1.165) is 10.9 Å². The molecule has 1 amide bonds. The zero-order chi connectivity index (χ0) is 21.1. The highest BCUT2D eigenvalue weighted by molar-refractivity contribution is 5.98. The van der Waals surface area contributed by atoms with E-state index in [4.69, 9.17) is 5.73 Å². The molecule has 3 aromatic rings. The lowest BCUT2D eigenvalue weighted by atomic mass is 10.0. The normalized spacial score (nSPS) is 13.9. The van der Waals surface area contributed by atoms with Gasteiger partial charge in [0.25, 0.3) is 11.5 Å². The molecular weight excluding hydrogens is 387 g/mol. The van der Waals surface area contributed by atoms with E-state index in [1.165, 1.54) is 6.07 Å². The third-order valence-corrected chi connectivity index (χ3v) is 5.01. The van der Waals surface area contributed by atoms with E-state index >= 15 is 0 Å². The molecule has 0 unspecified atom stereocenters. The van der Waals surface area contributed by atoms with Crippen LogP contribution in [0, 0.1) is 5.82 Å². The molecule has 0 atom stereocenters. The van der Waals surface area contributed by atoms with Gasteiger partial charge in [-0.25, -0.2) is 9.49 Å². The van der Waals surface area contributed by atoms with Gasteiger partial charge < -0.3 is 16.0 Å². The SMILES string of the molecule is NCNC1=NCCN(C(=O)c2cc(Cc3n[nH]c(=O)c4ccccc34)ccc2F)C1. The molecule has 0 fully saturated rings. The van der Waals surface area contributed by atoms with Gasteiger partial charge >= 0.3 is 0 Å². The first-order valence-electron chi connectivity index (χ1n) is 9.58. The molecule has 0 aliphatic carbocycles. The molecule has 0 saturated heterocycles. The largest absolute Gasteiger partial charge is 0.360 e. The van der Waals surface area contributed by atoms with Gasteiger partial charge in [0.15, 0.2) is 0 Å². The van der Waals surface area contributed by atoms with E-state index in [1.54, 1.807) is 29.2 Å². The quantitative estimate of drug-likeness (QED) is 0.557. The van der Waals surface area contributed by atoms with Crippen LogP contribution in [0.2, 0.25) is 0 Å². The summed E-state index contributed by atoms with van der Waals surface area (Å²) in [6.45, 7) is 1.31. The highest BCUT2D eigenvalue weighted by Gasteiger charge is 2.23. The number of amides is 1. The number of hydrogen-bond acceptors (Lipinski definition) is 6. The number of hydrogen-bond donors (Lipinski definition) is 3. The fourth-order valence-electron chi connectivity index (χ4n) is 3.53. The Bertz CT molecular complexity index is 1190. The Morgan fingerprint density at radius 3 is 2.83 bits per heavy atom. The number of halogens is 1. The third kappa shape index (κ3) is 3.92.